The number of nitrogens with zero attached hydrogens (tertiary/aromatic N) is 2. The van der Waals surface area contributed by atoms with Crippen LogP contribution in [0.2, 0.25) is 5.02 Å². The van der Waals surface area contributed by atoms with Gasteiger partial charge in [0.15, 0.2) is 0 Å². The first-order chi connectivity index (χ1) is 14.6. The van der Waals surface area contributed by atoms with Gasteiger partial charge >= 0.3 is 5.97 Å². The van der Waals surface area contributed by atoms with Gasteiger partial charge in [0, 0.05) is 20.6 Å². The van der Waals surface area contributed by atoms with Crippen LogP contribution >= 0.6 is 27.5 Å². The van der Waals surface area contributed by atoms with Gasteiger partial charge in [-0.1, -0.05) is 57.9 Å². The van der Waals surface area contributed by atoms with Crippen LogP contribution in [0.4, 0.5) is 5.69 Å². The van der Waals surface area contributed by atoms with Crippen molar-refractivity contribution in [3.05, 3.63) is 99.0 Å². The molecule has 0 unspecified atom stereocenters. The molecule has 0 fully saturated rings. The molecule has 1 heterocycles. The molecule has 1 atom stereocenters. The molecule has 4 nitrogen and oxygen atoms in total. The summed E-state index contributed by atoms with van der Waals surface area (Å²) in [4.78, 5) is 19.5. The lowest BCUT2D eigenvalue weighted by atomic mass is 9.93. The summed E-state index contributed by atoms with van der Waals surface area (Å²) < 4.78 is 6.24. The van der Waals surface area contributed by atoms with Gasteiger partial charge in [-0.3, -0.25) is 4.79 Å². The summed E-state index contributed by atoms with van der Waals surface area (Å²) in [7, 11) is 0. The van der Waals surface area contributed by atoms with E-state index >= 15 is 0 Å². The number of fused-ring (bicyclic) bond motifs is 1. The van der Waals surface area contributed by atoms with Crippen molar-refractivity contribution in [3.63, 3.8) is 0 Å². The lowest BCUT2D eigenvalue weighted by molar-refractivity contribution is -0.143. The Morgan fingerprint density at radius 3 is 2.53 bits per heavy atom. The van der Waals surface area contributed by atoms with Crippen LogP contribution in [0.3, 0.4) is 0 Å². The van der Waals surface area contributed by atoms with Gasteiger partial charge in [0.25, 0.3) is 0 Å². The fourth-order valence-corrected chi connectivity index (χ4v) is 4.16. The van der Waals surface area contributed by atoms with Gasteiger partial charge in [0.2, 0.25) is 0 Å². The minimum atomic E-state index is -0.293. The molecule has 1 aliphatic rings. The Morgan fingerprint density at radius 1 is 1.10 bits per heavy atom. The molecule has 0 spiro atoms. The smallest absolute Gasteiger partial charge is 0.325 e. The summed E-state index contributed by atoms with van der Waals surface area (Å²) >= 11 is 9.68. The van der Waals surface area contributed by atoms with Crippen LogP contribution in [0.15, 0.2) is 82.3 Å². The molecule has 4 rings (SSSR count). The average Bonchev–Trinajstić information content (AvgIpc) is 2.75. The Bertz CT molecular complexity index is 1080. The van der Waals surface area contributed by atoms with Crippen LogP contribution in [0.1, 0.15) is 29.7 Å². The molecule has 0 amide bonds. The molecule has 0 aromatic heterocycles. The maximum atomic E-state index is 12.5. The molecule has 30 heavy (non-hydrogen) atoms. The van der Waals surface area contributed by atoms with Gasteiger partial charge in [-0.15, -0.1) is 0 Å². The highest BCUT2D eigenvalue weighted by atomic mass is 79.9. The SMILES string of the molecule is CCOC(=O)CN1C(c2ccc(Cl)cc2)=Nc2ccc(Br)cc2[C@H]1c1ccccc1. The van der Waals surface area contributed by atoms with Crippen LogP contribution in [0.25, 0.3) is 0 Å². The summed E-state index contributed by atoms with van der Waals surface area (Å²) in [5, 5.41) is 0.649. The molecule has 152 valence electrons. The molecule has 3 aromatic rings. The zero-order valence-electron chi connectivity index (χ0n) is 16.4. The zero-order valence-corrected chi connectivity index (χ0v) is 18.7. The van der Waals surface area contributed by atoms with Crippen LogP contribution < -0.4 is 0 Å². The Morgan fingerprint density at radius 2 is 1.83 bits per heavy atom. The Balaban J connectivity index is 1.91. The number of hydrogen-bond acceptors (Lipinski definition) is 4. The van der Waals surface area contributed by atoms with Gasteiger partial charge < -0.3 is 9.64 Å². The van der Waals surface area contributed by atoms with E-state index in [-0.39, 0.29) is 18.6 Å². The van der Waals surface area contributed by atoms with Gasteiger partial charge in [-0.05, 0) is 55.0 Å². The summed E-state index contributed by atoms with van der Waals surface area (Å²) in [5.74, 6) is 0.418. The normalized spacial score (nSPS) is 15.4. The third kappa shape index (κ3) is 4.27. The highest BCUT2D eigenvalue weighted by Crippen LogP contribution is 2.41. The molecule has 0 saturated heterocycles. The summed E-state index contributed by atoms with van der Waals surface area (Å²) in [6.07, 6.45) is 0. The van der Waals surface area contributed by atoms with E-state index in [1.54, 1.807) is 0 Å². The lowest BCUT2D eigenvalue weighted by Gasteiger charge is -2.38. The standard InChI is InChI=1S/C24H20BrClN2O2/c1-2-30-22(29)15-28-23(16-6-4-3-5-7-16)20-14-18(25)10-13-21(20)27-24(28)17-8-11-19(26)12-9-17/h3-14,23H,2,15H2,1H3/t23-/m1/s1. The quantitative estimate of drug-likeness (QED) is 0.409. The fourth-order valence-electron chi connectivity index (χ4n) is 3.65. The third-order valence-electron chi connectivity index (χ3n) is 4.92. The van der Waals surface area contributed by atoms with Crippen molar-refractivity contribution in [2.75, 3.05) is 13.2 Å². The number of amidine groups is 1. The highest BCUT2D eigenvalue weighted by Gasteiger charge is 2.33. The van der Waals surface area contributed by atoms with E-state index in [9.17, 15) is 4.79 Å². The number of halogens is 2. The largest absolute Gasteiger partial charge is 0.465 e. The van der Waals surface area contributed by atoms with Crippen molar-refractivity contribution in [2.24, 2.45) is 4.99 Å². The summed E-state index contributed by atoms with van der Waals surface area (Å²) in [6.45, 7) is 2.22. The van der Waals surface area contributed by atoms with Crippen molar-refractivity contribution in [3.8, 4) is 0 Å². The van der Waals surface area contributed by atoms with E-state index in [1.165, 1.54) is 0 Å². The minimum absolute atomic E-state index is 0.0841. The minimum Gasteiger partial charge on any atom is -0.465 e. The number of benzene rings is 3. The molecule has 1 aliphatic heterocycles. The average molecular weight is 484 g/mol. The summed E-state index contributed by atoms with van der Waals surface area (Å²) in [5.41, 5.74) is 3.86. The second-order valence-corrected chi connectivity index (χ2v) is 8.24. The number of esters is 1. The van der Waals surface area contributed by atoms with Crippen molar-refractivity contribution in [1.29, 1.82) is 0 Å². The van der Waals surface area contributed by atoms with Crippen molar-refractivity contribution in [2.45, 2.75) is 13.0 Å². The van der Waals surface area contributed by atoms with Crippen molar-refractivity contribution in [1.82, 2.24) is 4.90 Å². The van der Waals surface area contributed by atoms with E-state index in [1.807, 2.05) is 66.4 Å². The topological polar surface area (TPSA) is 41.9 Å². The molecule has 0 N–H and O–H groups in total. The molecule has 0 saturated carbocycles. The van der Waals surface area contributed by atoms with Crippen LogP contribution in [0, 0.1) is 0 Å². The molecule has 0 aliphatic carbocycles. The van der Waals surface area contributed by atoms with E-state index in [2.05, 4.69) is 34.1 Å². The van der Waals surface area contributed by atoms with E-state index in [0.717, 1.165) is 26.9 Å². The lowest BCUT2D eigenvalue weighted by Crippen LogP contribution is -2.42. The van der Waals surface area contributed by atoms with Crippen LogP contribution in [-0.2, 0) is 9.53 Å². The number of rotatable bonds is 5. The number of aliphatic imine (C=N–C) groups is 1. The van der Waals surface area contributed by atoms with E-state index < -0.39 is 0 Å². The van der Waals surface area contributed by atoms with Crippen LogP contribution in [0.5, 0.6) is 0 Å². The highest BCUT2D eigenvalue weighted by molar-refractivity contribution is 9.10. The summed E-state index contributed by atoms with van der Waals surface area (Å²) in [6, 6.07) is 23.5. The zero-order chi connectivity index (χ0) is 21.1. The molecular weight excluding hydrogens is 464 g/mol. The number of carbonyl (C=O) groups excluding carboxylic acids is 1. The molecule has 6 heteroatoms. The Labute approximate surface area is 189 Å². The third-order valence-corrected chi connectivity index (χ3v) is 5.66. The fraction of sp³-hybridized carbons (Fsp3) is 0.167. The number of ether oxygens (including phenoxy) is 1. The Hall–Kier alpha value is -2.63. The van der Waals surface area contributed by atoms with Gasteiger partial charge in [-0.25, -0.2) is 4.99 Å². The second-order valence-electron chi connectivity index (χ2n) is 6.89. The van der Waals surface area contributed by atoms with Gasteiger partial charge in [0.05, 0.1) is 18.3 Å². The van der Waals surface area contributed by atoms with Crippen molar-refractivity contribution < 1.29 is 9.53 Å². The van der Waals surface area contributed by atoms with Crippen LogP contribution in [-0.4, -0.2) is 29.9 Å². The van der Waals surface area contributed by atoms with Gasteiger partial charge in [0.1, 0.15) is 12.4 Å². The second kappa shape index (κ2) is 9.02. The number of hydrogen-bond donors (Lipinski definition) is 0. The number of carbonyl (C=O) groups is 1. The maximum absolute atomic E-state index is 12.5. The molecule has 0 radical (unpaired) electrons. The predicted octanol–water partition coefficient (Wildman–Crippen LogP) is 6.15. The predicted molar refractivity (Wildman–Crippen MR) is 123 cm³/mol. The monoisotopic (exact) mass is 482 g/mol. The molecule has 0 bridgehead atoms. The Kier molecular flexibility index (Phi) is 6.21. The first-order valence-electron chi connectivity index (χ1n) is 9.68. The van der Waals surface area contributed by atoms with Crippen molar-refractivity contribution >= 4 is 45.0 Å². The van der Waals surface area contributed by atoms with E-state index in [4.69, 9.17) is 21.3 Å². The maximum Gasteiger partial charge on any atom is 0.325 e. The first-order valence-corrected chi connectivity index (χ1v) is 10.8. The van der Waals surface area contributed by atoms with E-state index in [0.29, 0.717) is 17.5 Å². The first kappa shape index (κ1) is 20.6. The molecule has 3 aromatic carbocycles. The molecular formula is C24H20BrClN2O2. The van der Waals surface area contributed by atoms with Gasteiger partial charge in [-0.2, -0.15) is 0 Å².